The Morgan fingerprint density at radius 3 is 2.72 bits per heavy atom. The number of ether oxygens (including phenoxy) is 1. The molecule has 0 spiro atoms. The second-order valence-corrected chi connectivity index (χ2v) is 4.29. The van der Waals surface area contributed by atoms with E-state index < -0.39 is 0 Å². The van der Waals surface area contributed by atoms with Crippen molar-refractivity contribution in [1.82, 2.24) is 14.8 Å². The summed E-state index contributed by atoms with van der Waals surface area (Å²) in [6.45, 7) is 3.65. The zero-order chi connectivity index (χ0) is 13.0. The van der Waals surface area contributed by atoms with Crippen LogP contribution < -0.4 is 5.56 Å². The zero-order valence-corrected chi connectivity index (χ0v) is 10.4. The smallest absolute Gasteiger partial charge is 0.409 e. The topological polar surface area (TPSA) is 65.6 Å². The highest BCUT2D eigenvalue weighted by Gasteiger charge is 2.21. The molecule has 6 heteroatoms. The van der Waals surface area contributed by atoms with Crippen molar-refractivity contribution < 1.29 is 9.53 Å². The van der Waals surface area contributed by atoms with Gasteiger partial charge in [0.2, 0.25) is 5.56 Å². The Morgan fingerprint density at radius 1 is 1.39 bits per heavy atom. The van der Waals surface area contributed by atoms with Crippen LogP contribution in [0.25, 0.3) is 0 Å². The van der Waals surface area contributed by atoms with Crippen LogP contribution in [-0.4, -0.2) is 54.2 Å². The lowest BCUT2D eigenvalue weighted by atomic mass is 10.2. The molecule has 0 aliphatic carbocycles. The van der Waals surface area contributed by atoms with E-state index in [1.54, 1.807) is 17.2 Å². The van der Waals surface area contributed by atoms with Crippen molar-refractivity contribution in [2.45, 2.75) is 6.54 Å². The van der Waals surface area contributed by atoms with Crippen molar-refractivity contribution in [3.63, 3.8) is 0 Å². The van der Waals surface area contributed by atoms with Crippen LogP contribution in [0, 0.1) is 0 Å². The summed E-state index contributed by atoms with van der Waals surface area (Å²) in [5.74, 6) is 0. The van der Waals surface area contributed by atoms with Gasteiger partial charge in [-0.25, -0.2) is 4.79 Å². The molecule has 98 valence electrons. The molecule has 18 heavy (non-hydrogen) atoms. The van der Waals surface area contributed by atoms with Crippen molar-refractivity contribution in [1.29, 1.82) is 0 Å². The predicted octanol–water partition coefficient (Wildman–Crippen LogP) is 0.259. The summed E-state index contributed by atoms with van der Waals surface area (Å²) >= 11 is 0. The molecule has 2 rings (SSSR count). The number of nitrogens with zero attached hydrogens (tertiary/aromatic N) is 2. The SMILES string of the molecule is COC(=O)N1CCN(Cc2cc[nH]c(=O)c2)CC1. The van der Waals surface area contributed by atoms with Crippen molar-refractivity contribution >= 4 is 6.09 Å². The minimum Gasteiger partial charge on any atom is -0.453 e. The van der Waals surface area contributed by atoms with Gasteiger partial charge in [-0.05, 0) is 11.6 Å². The van der Waals surface area contributed by atoms with Crippen LogP contribution in [-0.2, 0) is 11.3 Å². The van der Waals surface area contributed by atoms with Crippen LogP contribution in [0.3, 0.4) is 0 Å². The van der Waals surface area contributed by atoms with E-state index >= 15 is 0 Å². The first kappa shape index (κ1) is 12.6. The highest BCUT2D eigenvalue weighted by atomic mass is 16.5. The second kappa shape index (κ2) is 5.68. The van der Waals surface area contributed by atoms with Crippen LogP contribution in [0.5, 0.6) is 0 Å². The van der Waals surface area contributed by atoms with Gasteiger partial charge >= 0.3 is 6.09 Å². The number of rotatable bonds is 2. The summed E-state index contributed by atoms with van der Waals surface area (Å²) in [7, 11) is 1.39. The first-order valence-electron chi connectivity index (χ1n) is 5.92. The number of H-pyrrole nitrogens is 1. The number of carbonyl (C=O) groups excluding carboxylic acids is 1. The quantitative estimate of drug-likeness (QED) is 0.818. The van der Waals surface area contributed by atoms with Gasteiger partial charge in [-0.15, -0.1) is 0 Å². The van der Waals surface area contributed by atoms with E-state index in [0.29, 0.717) is 13.1 Å². The highest BCUT2D eigenvalue weighted by molar-refractivity contribution is 5.67. The number of carbonyl (C=O) groups is 1. The van der Waals surface area contributed by atoms with Crippen molar-refractivity contribution in [3.05, 3.63) is 34.2 Å². The molecule has 6 nitrogen and oxygen atoms in total. The summed E-state index contributed by atoms with van der Waals surface area (Å²) in [6.07, 6.45) is 1.38. The van der Waals surface area contributed by atoms with Gasteiger partial charge in [0.05, 0.1) is 7.11 Å². The lowest BCUT2D eigenvalue weighted by molar-refractivity contribution is 0.0889. The van der Waals surface area contributed by atoms with Crippen LogP contribution in [0.15, 0.2) is 23.1 Å². The van der Waals surface area contributed by atoms with Crippen molar-refractivity contribution in [3.8, 4) is 0 Å². The molecule has 1 aliphatic heterocycles. The van der Waals surface area contributed by atoms with Gasteiger partial charge in [0, 0.05) is 45.0 Å². The first-order valence-corrected chi connectivity index (χ1v) is 5.92. The van der Waals surface area contributed by atoms with E-state index in [0.717, 1.165) is 25.2 Å². The Labute approximate surface area is 105 Å². The Morgan fingerprint density at radius 2 is 2.11 bits per heavy atom. The fourth-order valence-corrected chi connectivity index (χ4v) is 2.06. The Kier molecular flexibility index (Phi) is 3.99. The van der Waals surface area contributed by atoms with Gasteiger partial charge in [-0.1, -0.05) is 0 Å². The summed E-state index contributed by atoms with van der Waals surface area (Å²) in [6, 6.07) is 3.50. The Balaban J connectivity index is 1.87. The lowest BCUT2D eigenvalue weighted by Crippen LogP contribution is -2.48. The van der Waals surface area contributed by atoms with Gasteiger partial charge in [0.25, 0.3) is 0 Å². The van der Waals surface area contributed by atoms with Gasteiger partial charge in [0.15, 0.2) is 0 Å². The Bertz CT molecular complexity index is 464. The number of nitrogens with one attached hydrogen (secondary N) is 1. The van der Waals surface area contributed by atoms with Gasteiger partial charge < -0.3 is 14.6 Å². The normalized spacial score (nSPS) is 16.6. The molecule has 0 atom stereocenters. The van der Waals surface area contributed by atoms with Crippen LogP contribution in [0.1, 0.15) is 5.56 Å². The van der Waals surface area contributed by atoms with E-state index in [1.165, 1.54) is 7.11 Å². The number of aromatic amines is 1. The molecule has 0 saturated carbocycles. The third-order valence-electron chi connectivity index (χ3n) is 3.05. The number of aromatic nitrogens is 1. The summed E-state index contributed by atoms with van der Waals surface area (Å²) < 4.78 is 4.68. The van der Waals surface area contributed by atoms with E-state index in [4.69, 9.17) is 0 Å². The number of methoxy groups -OCH3 is 1. The third-order valence-corrected chi connectivity index (χ3v) is 3.05. The molecule has 1 aromatic rings. The average Bonchev–Trinajstić information content (AvgIpc) is 2.39. The van der Waals surface area contributed by atoms with E-state index in [9.17, 15) is 9.59 Å². The summed E-state index contributed by atoms with van der Waals surface area (Å²) in [5, 5.41) is 0. The molecule has 2 heterocycles. The standard InChI is InChI=1S/C12H17N3O3/c1-18-12(17)15-6-4-14(5-7-15)9-10-2-3-13-11(16)8-10/h2-3,8H,4-7,9H2,1H3,(H,13,16). The zero-order valence-electron chi connectivity index (χ0n) is 10.4. The molecule has 0 radical (unpaired) electrons. The average molecular weight is 251 g/mol. The fourth-order valence-electron chi connectivity index (χ4n) is 2.06. The summed E-state index contributed by atoms with van der Waals surface area (Å²) in [4.78, 5) is 29.0. The van der Waals surface area contributed by atoms with Gasteiger partial charge in [0.1, 0.15) is 0 Å². The third kappa shape index (κ3) is 3.10. The molecule has 1 amide bonds. The number of amides is 1. The number of hydrogen-bond donors (Lipinski definition) is 1. The van der Waals surface area contributed by atoms with Gasteiger partial charge in [-0.3, -0.25) is 9.69 Å². The molecule has 1 aromatic heterocycles. The second-order valence-electron chi connectivity index (χ2n) is 4.29. The van der Waals surface area contributed by atoms with Gasteiger partial charge in [-0.2, -0.15) is 0 Å². The van der Waals surface area contributed by atoms with E-state index in [2.05, 4.69) is 14.6 Å². The van der Waals surface area contributed by atoms with Crippen LogP contribution in [0.4, 0.5) is 4.79 Å². The molecular formula is C12H17N3O3. The minimum absolute atomic E-state index is 0.0827. The van der Waals surface area contributed by atoms with Crippen molar-refractivity contribution in [2.24, 2.45) is 0 Å². The maximum Gasteiger partial charge on any atom is 0.409 e. The van der Waals surface area contributed by atoms with E-state index in [-0.39, 0.29) is 11.7 Å². The van der Waals surface area contributed by atoms with E-state index in [1.807, 2.05) is 6.07 Å². The fraction of sp³-hybridized carbons (Fsp3) is 0.500. The molecule has 1 saturated heterocycles. The predicted molar refractivity (Wildman–Crippen MR) is 66.3 cm³/mol. The molecule has 1 N–H and O–H groups in total. The molecule has 0 aromatic carbocycles. The van der Waals surface area contributed by atoms with Crippen molar-refractivity contribution in [2.75, 3.05) is 33.3 Å². The molecular weight excluding hydrogens is 234 g/mol. The first-order chi connectivity index (χ1) is 8.69. The number of hydrogen-bond acceptors (Lipinski definition) is 4. The molecule has 0 unspecified atom stereocenters. The molecule has 0 bridgehead atoms. The monoisotopic (exact) mass is 251 g/mol. The maximum atomic E-state index is 11.3. The Hall–Kier alpha value is -1.82. The number of piperazine rings is 1. The number of pyridine rings is 1. The summed E-state index contributed by atoms with van der Waals surface area (Å²) in [5.41, 5.74) is 0.908. The van der Waals surface area contributed by atoms with Crippen LogP contribution in [0.2, 0.25) is 0 Å². The van der Waals surface area contributed by atoms with Crippen LogP contribution >= 0.6 is 0 Å². The molecule has 1 fully saturated rings. The lowest BCUT2D eigenvalue weighted by Gasteiger charge is -2.33. The molecule has 1 aliphatic rings. The minimum atomic E-state index is -0.272. The highest BCUT2D eigenvalue weighted by Crippen LogP contribution is 2.07. The maximum absolute atomic E-state index is 11.3. The largest absolute Gasteiger partial charge is 0.453 e.